The number of carbonyl (C=O) groups is 1. The Morgan fingerprint density at radius 3 is 2.33 bits per heavy atom. The largest absolute Gasteiger partial charge is 0.479 e. The van der Waals surface area contributed by atoms with Crippen molar-refractivity contribution in [1.82, 2.24) is 0 Å². The number of benzene rings is 2. The van der Waals surface area contributed by atoms with Crippen LogP contribution in [0.3, 0.4) is 0 Å². The molecule has 0 heterocycles. The molecule has 0 unspecified atom stereocenters. The van der Waals surface area contributed by atoms with Crippen LogP contribution in [0.4, 0.5) is 13.2 Å². The van der Waals surface area contributed by atoms with Gasteiger partial charge in [-0.05, 0) is 55.8 Å². The standard InChI is InChI=1S/C20H21F3O4/c1-3-4-11-25-20(24)13(2)26-15-6-8-16(9-7-15)27-18-10-5-14(19(22)23)12-17(18)21/h5-10,12-13,19H,3-4,11H2,1-2H3/t13-/m1/s1. The van der Waals surface area contributed by atoms with Crippen molar-refractivity contribution in [2.75, 3.05) is 6.61 Å². The Bertz CT molecular complexity index is 747. The molecule has 2 aromatic carbocycles. The number of esters is 1. The highest BCUT2D eigenvalue weighted by atomic mass is 19.3. The van der Waals surface area contributed by atoms with E-state index in [1.54, 1.807) is 19.1 Å². The number of hydrogen-bond acceptors (Lipinski definition) is 4. The van der Waals surface area contributed by atoms with E-state index in [9.17, 15) is 18.0 Å². The maximum absolute atomic E-state index is 13.8. The number of hydrogen-bond donors (Lipinski definition) is 0. The molecule has 146 valence electrons. The lowest BCUT2D eigenvalue weighted by molar-refractivity contribution is -0.151. The molecule has 0 aliphatic rings. The Labute approximate surface area is 155 Å². The van der Waals surface area contributed by atoms with Gasteiger partial charge in [0.05, 0.1) is 6.61 Å². The molecule has 2 rings (SSSR count). The van der Waals surface area contributed by atoms with Gasteiger partial charge in [0.25, 0.3) is 6.43 Å². The predicted octanol–water partition coefficient (Wildman–Crippen LogP) is 5.67. The van der Waals surface area contributed by atoms with Gasteiger partial charge in [-0.25, -0.2) is 18.0 Å². The topological polar surface area (TPSA) is 44.8 Å². The molecule has 0 fully saturated rings. The van der Waals surface area contributed by atoms with E-state index in [-0.39, 0.29) is 5.75 Å². The fourth-order valence-electron chi connectivity index (χ4n) is 2.14. The summed E-state index contributed by atoms with van der Waals surface area (Å²) >= 11 is 0. The van der Waals surface area contributed by atoms with Crippen molar-refractivity contribution in [3.63, 3.8) is 0 Å². The molecule has 0 amide bonds. The monoisotopic (exact) mass is 382 g/mol. The van der Waals surface area contributed by atoms with Crippen molar-refractivity contribution < 1.29 is 32.2 Å². The summed E-state index contributed by atoms with van der Waals surface area (Å²) in [5.74, 6) is -0.789. The number of ether oxygens (including phenoxy) is 3. The molecule has 0 radical (unpaired) electrons. The maximum atomic E-state index is 13.8. The lowest BCUT2D eigenvalue weighted by Crippen LogP contribution is -2.26. The molecule has 7 heteroatoms. The molecule has 0 saturated heterocycles. The first-order valence-corrected chi connectivity index (χ1v) is 8.59. The highest BCUT2D eigenvalue weighted by molar-refractivity contribution is 5.74. The van der Waals surface area contributed by atoms with Crippen LogP contribution in [0.25, 0.3) is 0 Å². The molecule has 0 aliphatic heterocycles. The average molecular weight is 382 g/mol. The summed E-state index contributed by atoms with van der Waals surface area (Å²) in [7, 11) is 0. The third-order valence-corrected chi connectivity index (χ3v) is 3.65. The quantitative estimate of drug-likeness (QED) is 0.414. The summed E-state index contributed by atoms with van der Waals surface area (Å²) in [6, 6.07) is 9.13. The van der Waals surface area contributed by atoms with Crippen molar-refractivity contribution >= 4 is 5.97 Å². The second kappa shape index (κ2) is 9.85. The van der Waals surface area contributed by atoms with E-state index in [2.05, 4.69) is 0 Å². The van der Waals surface area contributed by atoms with Gasteiger partial charge < -0.3 is 14.2 Å². The van der Waals surface area contributed by atoms with Crippen LogP contribution >= 0.6 is 0 Å². The molecule has 0 spiro atoms. The number of alkyl halides is 2. The van der Waals surface area contributed by atoms with Gasteiger partial charge in [-0.1, -0.05) is 13.3 Å². The minimum Gasteiger partial charge on any atom is -0.479 e. The third-order valence-electron chi connectivity index (χ3n) is 3.65. The van der Waals surface area contributed by atoms with E-state index in [4.69, 9.17) is 14.2 Å². The van der Waals surface area contributed by atoms with Crippen molar-refractivity contribution in [3.8, 4) is 17.2 Å². The van der Waals surface area contributed by atoms with Crippen LogP contribution in [-0.2, 0) is 9.53 Å². The fraction of sp³-hybridized carbons (Fsp3) is 0.350. The number of rotatable bonds is 9. The zero-order valence-corrected chi connectivity index (χ0v) is 15.1. The minimum absolute atomic E-state index is 0.166. The van der Waals surface area contributed by atoms with Crippen molar-refractivity contribution in [1.29, 1.82) is 0 Å². The second-order valence-corrected chi connectivity index (χ2v) is 5.85. The van der Waals surface area contributed by atoms with Crippen LogP contribution in [0.15, 0.2) is 42.5 Å². The van der Waals surface area contributed by atoms with Crippen LogP contribution in [-0.4, -0.2) is 18.7 Å². The lowest BCUT2D eigenvalue weighted by Gasteiger charge is -2.14. The van der Waals surface area contributed by atoms with Crippen LogP contribution in [0, 0.1) is 5.82 Å². The summed E-state index contributed by atoms with van der Waals surface area (Å²) in [5.41, 5.74) is -0.414. The van der Waals surface area contributed by atoms with E-state index in [1.165, 1.54) is 12.1 Å². The molecule has 0 aromatic heterocycles. The highest BCUT2D eigenvalue weighted by Crippen LogP contribution is 2.29. The molecule has 2 aromatic rings. The number of halogens is 3. The zero-order chi connectivity index (χ0) is 19.8. The Balaban J connectivity index is 1.94. The van der Waals surface area contributed by atoms with Crippen molar-refractivity contribution in [2.24, 2.45) is 0 Å². The maximum Gasteiger partial charge on any atom is 0.347 e. The summed E-state index contributed by atoms with van der Waals surface area (Å²) in [6.45, 7) is 3.93. The van der Waals surface area contributed by atoms with Gasteiger partial charge in [0, 0.05) is 5.56 Å². The van der Waals surface area contributed by atoms with Crippen LogP contribution in [0.1, 0.15) is 38.7 Å². The first kappa shape index (κ1) is 20.6. The van der Waals surface area contributed by atoms with Gasteiger partial charge in [-0.15, -0.1) is 0 Å². The second-order valence-electron chi connectivity index (χ2n) is 5.85. The van der Waals surface area contributed by atoms with Crippen LogP contribution in [0.2, 0.25) is 0 Å². The summed E-state index contributed by atoms with van der Waals surface area (Å²) in [6.07, 6.45) is -1.80. The Morgan fingerprint density at radius 2 is 1.74 bits per heavy atom. The molecule has 27 heavy (non-hydrogen) atoms. The molecular formula is C20H21F3O4. The minimum atomic E-state index is -2.75. The first-order valence-electron chi connectivity index (χ1n) is 8.59. The van der Waals surface area contributed by atoms with Gasteiger partial charge in [0.2, 0.25) is 0 Å². The molecule has 0 saturated carbocycles. The molecule has 0 N–H and O–H groups in total. The van der Waals surface area contributed by atoms with Crippen molar-refractivity contribution in [3.05, 3.63) is 53.8 Å². The van der Waals surface area contributed by atoms with E-state index >= 15 is 0 Å². The molecular weight excluding hydrogens is 361 g/mol. The van der Waals surface area contributed by atoms with Crippen molar-refractivity contribution in [2.45, 2.75) is 39.2 Å². The van der Waals surface area contributed by atoms with E-state index < -0.39 is 29.9 Å². The smallest absolute Gasteiger partial charge is 0.347 e. The van der Waals surface area contributed by atoms with Crippen LogP contribution in [0.5, 0.6) is 17.2 Å². The summed E-state index contributed by atoms with van der Waals surface area (Å²) < 4.78 is 54.8. The van der Waals surface area contributed by atoms with Gasteiger partial charge in [-0.3, -0.25) is 0 Å². The molecule has 0 aliphatic carbocycles. The Morgan fingerprint density at radius 1 is 1.07 bits per heavy atom. The lowest BCUT2D eigenvalue weighted by atomic mass is 10.2. The van der Waals surface area contributed by atoms with E-state index in [1.807, 2.05) is 6.92 Å². The van der Waals surface area contributed by atoms with Gasteiger partial charge >= 0.3 is 5.97 Å². The van der Waals surface area contributed by atoms with Gasteiger partial charge in [0.1, 0.15) is 11.5 Å². The number of unbranched alkanes of at least 4 members (excludes halogenated alkanes) is 1. The Kier molecular flexibility index (Phi) is 7.52. The SMILES string of the molecule is CCCCOC(=O)[C@@H](C)Oc1ccc(Oc2ccc(C(F)F)cc2F)cc1. The van der Waals surface area contributed by atoms with Gasteiger partial charge in [-0.2, -0.15) is 0 Å². The third kappa shape index (κ3) is 6.20. The van der Waals surface area contributed by atoms with E-state index in [0.717, 1.165) is 31.0 Å². The zero-order valence-electron chi connectivity index (χ0n) is 15.1. The summed E-state index contributed by atoms with van der Waals surface area (Å²) in [5, 5.41) is 0. The molecule has 0 bridgehead atoms. The summed E-state index contributed by atoms with van der Waals surface area (Å²) in [4.78, 5) is 11.8. The Hall–Kier alpha value is -2.70. The van der Waals surface area contributed by atoms with Crippen LogP contribution < -0.4 is 9.47 Å². The fourth-order valence-corrected chi connectivity index (χ4v) is 2.14. The normalized spacial score (nSPS) is 11.9. The highest BCUT2D eigenvalue weighted by Gasteiger charge is 2.16. The molecule has 4 nitrogen and oxygen atoms in total. The van der Waals surface area contributed by atoms with E-state index in [0.29, 0.717) is 18.1 Å². The predicted molar refractivity (Wildman–Crippen MR) is 93.8 cm³/mol. The number of carbonyl (C=O) groups excluding carboxylic acids is 1. The average Bonchev–Trinajstić information content (AvgIpc) is 2.64. The molecule has 1 atom stereocenters. The first-order chi connectivity index (χ1) is 12.9. The van der Waals surface area contributed by atoms with Gasteiger partial charge in [0.15, 0.2) is 17.7 Å².